The average Bonchev–Trinajstić information content (AvgIpc) is 2.96. The Kier molecular flexibility index (Phi) is 3.20. The van der Waals surface area contributed by atoms with Crippen LogP contribution in [0.4, 0.5) is 4.39 Å². The van der Waals surface area contributed by atoms with Gasteiger partial charge in [-0.3, -0.25) is 0 Å². The lowest BCUT2D eigenvalue weighted by molar-refractivity contribution is 0.518. The first kappa shape index (κ1) is 12.2. The van der Waals surface area contributed by atoms with Crippen molar-refractivity contribution < 1.29 is 4.39 Å². The van der Waals surface area contributed by atoms with Crippen LogP contribution < -0.4 is 0 Å². The number of aromatic nitrogens is 2. The van der Waals surface area contributed by atoms with Gasteiger partial charge in [0.15, 0.2) is 0 Å². The fraction of sp³-hybridized carbons (Fsp3) is 0.462. The first-order chi connectivity index (χ1) is 8.70. The third-order valence-electron chi connectivity index (χ3n) is 3.61. The van der Waals surface area contributed by atoms with Gasteiger partial charge in [0.25, 0.3) is 0 Å². The standard InChI is InChI=1S/C13H13Cl2FN2/c14-7-13-17-11-6-10(16)9(15)5-12(11)18(13)8-3-1-2-4-8/h5-6,8H,1-4,7H2. The van der Waals surface area contributed by atoms with Crippen LogP contribution in [0, 0.1) is 5.82 Å². The summed E-state index contributed by atoms with van der Waals surface area (Å²) in [4.78, 5) is 4.41. The van der Waals surface area contributed by atoms with E-state index in [1.165, 1.54) is 18.9 Å². The molecule has 2 nitrogen and oxygen atoms in total. The van der Waals surface area contributed by atoms with Crippen molar-refractivity contribution >= 4 is 34.2 Å². The molecule has 0 saturated heterocycles. The van der Waals surface area contributed by atoms with Crippen molar-refractivity contribution in [2.45, 2.75) is 37.6 Å². The summed E-state index contributed by atoms with van der Waals surface area (Å²) in [7, 11) is 0. The summed E-state index contributed by atoms with van der Waals surface area (Å²) in [5.74, 6) is 0.714. The summed E-state index contributed by atoms with van der Waals surface area (Å²) < 4.78 is 15.6. The summed E-state index contributed by atoms with van der Waals surface area (Å²) in [6, 6.07) is 3.47. The number of fused-ring (bicyclic) bond motifs is 1. The van der Waals surface area contributed by atoms with Crippen LogP contribution in [0.15, 0.2) is 12.1 Å². The Labute approximate surface area is 115 Å². The molecule has 0 atom stereocenters. The number of halogens is 3. The van der Waals surface area contributed by atoms with E-state index in [4.69, 9.17) is 23.2 Å². The second-order valence-electron chi connectivity index (χ2n) is 4.72. The van der Waals surface area contributed by atoms with E-state index < -0.39 is 5.82 Å². The summed E-state index contributed by atoms with van der Waals surface area (Å²) >= 11 is 11.8. The average molecular weight is 287 g/mol. The summed E-state index contributed by atoms with van der Waals surface area (Å²) in [6.07, 6.45) is 4.71. The summed E-state index contributed by atoms with van der Waals surface area (Å²) in [6.45, 7) is 0. The third-order valence-corrected chi connectivity index (χ3v) is 4.14. The van der Waals surface area contributed by atoms with Gasteiger partial charge in [0.2, 0.25) is 0 Å². The maximum Gasteiger partial charge on any atom is 0.144 e. The van der Waals surface area contributed by atoms with Gasteiger partial charge in [-0.2, -0.15) is 0 Å². The molecule has 0 unspecified atom stereocenters. The van der Waals surface area contributed by atoms with Gasteiger partial charge in [0.1, 0.15) is 11.6 Å². The zero-order valence-corrected chi connectivity index (χ0v) is 11.3. The lowest BCUT2D eigenvalue weighted by atomic mass is 10.2. The number of imidazole rings is 1. The molecular formula is C13H13Cl2FN2. The first-order valence-corrected chi connectivity index (χ1v) is 7.04. The van der Waals surface area contributed by atoms with E-state index in [1.54, 1.807) is 6.07 Å². The van der Waals surface area contributed by atoms with Gasteiger partial charge < -0.3 is 4.57 Å². The highest BCUT2D eigenvalue weighted by atomic mass is 35.5. The molecule has 1 aliphatic carbocycles. The Hall–Kier alpha value is -0.800. The van der Waals surface area contributed by atoms with Crippen LogP contribution in [0.1, 0.15) is 37.5 Å². The molecule has 1 fully saturated rings. The molecule has 0 radical (unpaired) electrons. The Morgan fingerprint density at radius 2 is 2.06 bits per heavy atom. The number of alkyl halides is 1. The Bertz CT molecular complexity index is 588. The second kappa shape index (κ2) is 4.71. The number of nitrogens with zero attached hydrogens (tertiary/aromatic N) is 2. The monoisotopic (exact) mass is 286 g/mol. The molecule has 96 valence electrons. The Morgan fingerprint density at radius 1 is 1.33 bits per heavy atom. The van der Waals surface area contributed by atoms with Crippen molar-refractivity contribution in [3.63, 3.8) is 0 Å². The summed E-state index contributed by atoms with van der Waals surface area (Å²) in [5, 5.41) is 0.141. The maximum absolute atomic E-state index is 13.5. The third kappa shape index (κ3) is 1.90. The molecule has 0 aliphatic heterocycles. The van der Waals surface area contributed by atoms with E-state index in [-0.39, 0.29) is 5.02 Å². The highest BCUT2D eigenvalue weighted by molar-refractivity contribution is 6.31. The second-order valence-corrected chi connectivity index (χ2v) is 5.40. The van der Waals surface area contributed by atoms with Crippen molar-refractivity contribution in [3.05, 3.63) is 28.8 Å². The predicted octanol–water partition coefficient (Wildman–Crippen LogP) is 4.68. The van der Waals surface area contributed by atoms with E-state index in [1.807, 2.05) is 0 Å². The minimum absolute atomic E-state index is 0.141. The van der Waals surface area contributed by atoms with Gasteiger partial charge in [-0.15, -0.1) is 11.6 Å². The van der Waals surface area contributed by atoms with Gasteiger partial charge in [0, 0.05) is 12.1 Å². The van der Waals surface area contributed by atoms with E-state index >= 15 is 0 Å². The first-order valence-electron chi connectivity index (χ1n) is 6.12. The van der Waals surface area contributed by atoms with Crippen LogP contribution in [-0.2, 0) is 5.88 Å². The molecule has 1 aromatic heterocycles. The highest BCUT2D eigenvalue weighted by Gasteiger charge is 2.22. The molecule has 0 spiro atoms. The van der Waals surface area contributed by atoms with Gasteiger partial charge in [-0.05, 0) is 18.9 Å². The topological polar surface area (TPSA) is 17.8 Å². The number of hydrogen-bond donors (Lipinski definition) is 0. The zero-order valence-electron chi connectivity index (χ0n) is 9.80. The molecule has 0 amide bonds. The fourth-order valence-corrected chi connectivity index (χ4v) is 3.15. The quantitative estimate of drug-likeness (QED) is 0.733. The van der Waals surface area contributed by atoms with Crippen molar-refractivity contribution in [3.8, 4) is 0 Å². The Balaban J connectivity index is 2.23. The smallest absolute Gasteiger partial charge is 0.144 e. The van der Waals surface area contributed by atoms with Gasteiger partial charge in [-0.1, -0.05) is 24.4 Å². The Morgan fingerprint density at radius 3 is 2.72 bits per heavy atom. The molecule has 1 aliphatic rings. The van der Waals surface area contributed by atoms with Crippen LogP contribution in [0.5, 0.6) is 0 Å². The predicted molar refractivity (Wildman–Crippen MR) is 71.8 cm³/mol. The minimum atomic E-state index is -0.429. The van der Waals surface area contributed by atoms with E-state index in [2.05, 4.69) is 9.55 Å². The van der Waals surface area contributed by atoms with Crippen molar-refractivity contribution in [2.24, 2.45) is 0 Å². The molecule has 3 rings (SSSR count). The molecule has 2 aromatic rings. The zero-order chi connectivity index (χ0) is 12.7. The van der Waals surface area contributed by atoms with Gasteiger partial charge in [0.05, 0.1) is 21.9 Å². The van der Waals surface area contributed by atoms with E-state index in [0.717, 1.165) is 24.2 Å². The maximum atomic E-state index is 13.5. The highest BCUT2D eigenvalue weighted by Crippen LogP contribution is 2.35. The SMILES string of the molecule is Fc1cc2nc(CCl)n(C3CCCC3)c2cc1Cl. The minimum Gasteiger partial charge on any atom is -0.324 e. The van der Waals surface area contributed by atoms with Crippen LogP contribution in [-0.4, -0.2) is 9.55 Å². The lowest BCUT2D eigenvalue weighted by Crippen LogP contribution is -2.08. The number of benzene rings is 1. The van der Waals surface area contributed by atoms with Gasteiger partial charge >= 0.3 is 0 Å². The van der Waals surface area contributed by atoms with Crippen molar-refractivity contribution in [1.29, 1.82) is 0 Å². The van der Waals surface area contributed by atoms with E-state index in [9.17, 15) is 4.39 Å². The van der Waals surface area contributed by atoms with Crippen LogP contribution >= 0.6 is 23.2 Å². The number of hydrogen-bond acceptors (Lipinski definition) is 1. The van der Waals surface area contributed by atoms with Crippen LogP contribution in [0.2, 0.25) is 5.02 Å². The summed E-state index contributed by atoms with van der Waals surface area (Å²) in [5.41, 5.74) is 1.53. The van der Waals surface area contributed by atoms with Crippen molar-refractivity contribution in [1.82, 2.24) is 9.55 Å². The molecule has 1 saturated carbocycles. The van der Waals surface area contributed by atoms with Crippen molar-refractivity contribution in [2.75, 3.05) is 0 Å². The lowest BCUT2D eigenvalue weighted by Gasteiger charge is -2.15. The van der Waals surface area contributed by atoms with E-state index in [0.29, 0.717) is 17.4 Å². The molecule has 0 N–H and O–H groups in total. The van der Waals surface area contributed by atoms with Crippen LogP contribution in [0.3, 0.4) is 0 Å². The molecule has 1 heterocycles. The molecular weight excluding hydrogens is 274 g/mol. The molecule has 18 heavy (non-hydrogen) atoms. The van der Waals surface area contributed by atoms with Gasteiger partial charge in [-0.25, -0.2) is 9.37 Å². The molecule has 1 aromatic carbocycles. The normalized spacial score (nSPS) is 16.8. The number of rotatable bonds is 2. The fourth-order valence-electron chi connectivity index (χ4n) is 2.80. The molecule has 5 heteroatoms. The van der Waals surface area contributed by atoms with Crippen LogP contribution in [0.25, 0.3) is 11.0 Å². The molecule has 0 bridgehead atoms. The largest absolute Gasteiger partial charge is 0.324 e.